The lowest BCUT2D eigenvalue weighted by Gasteiger charge is -2.34. The van der Waals surface area contributed by atoms with Crippen LogP contribution in [0.2, 0.25) is 0 Å². The summed E-state index contributed by atoms with van der Waals surface area (Å²) in [5.74, 6) is -1.10. The maximum absolute atomic E-state index is 13.4. The smallest absolute Gasteiger partial charge is 0.330 e. The third kappa shape index (κ3) is 4.72. The summed E-state index contributed by atoms with van der Waals surface area (Å²) in [5.41, 5.74) is -0.377. The number of hydroxylamine groups is 2. The Hall–Kier alpha value is -2.06. The molecular weight excluding hydrogens is 317 g/mol. The van der Waals surface area contributed by atoms with Gasteiger partial charge in [0.05, 0.1) is 10.3 Å². The molecule has 0 radical (unpaired) electrons. The Bertz CT molecular complexity index is 622. The second-order valence-electron chi connectivity index (χ2n) is 6.88. The highest BCUT2D eigenvalue weighted by molar-refractivity contribution is 5.75. The van der Waals surface area contributed by atoms with Crippen LogP contribution in [0.3, 0.4) is 0 Å². The molecule has 8 heteroatoms. The minimum absolute atomic E-state index is 0.273. The Kier molecular flexibility index (Phi) is 5.51. The molecule has 0 atom stereocenters. The Labute approximate surface area is 140 Å². The van der Waals surface area contributed by atoms with Crippen molar-refractivity contribution in [3.63, 3.8) is 0 Å². The van der Waals surface area contributed by atoms with Crippen molar-refractivity contribution >= 4 is 11.7 Å². The number of nitrogens with zero attached hydrogens (tertiary/aromatic N) is 3. The van der Waals surface area contributed by atoms with Crippen molar-refractivity contribution in [2.75, 3.05) is 26.2 Å². The Morgan fingerprint density at radius 3 is 2.46 bits per heavy atom. The van der Waals surface area contributed by atoms with Crippen LogP contribution in [0, 0.1) is 21.3 Å². The van der Waals surface area contributed by atoms with Crippen LogP contribution in [0.4, 0.5) is 10.1 Å². The molecule has 24 heavy (non-hydrogen) atoms. The van der Waals surface area contributed by atoms with E-state index in [0.717, 1.165) is 6.07 Å². The molecule has 0 amide bonds. The number of rotatable bonds is 4. The first kappa shape index (κ1) is 18.3. The number of hydrogen-bond acceptors (Lipinski definition) is 6. The number of nitro benzene ring substituents is 1. The summed E-state index contributed by atoms with van der Waals surface area (Å²) in [6.45, 7) is 8.32. The summed E-state index contributed by atoms with van der Waals surface area (Å²) >= 11 is 0. The molecule has 1 aromatic carbocycles. The van der Waals surface area contributed by atoms with Gasteiger partial charge in [-0.1, -0.05) is 6.07 Å². The highest BCUT2D eigenvalue weighted by Crippen LogP contribution is 2.21. The summed E-state index contributed by atoms with van der Waals surface area (Å²) in [4.78, 5) is 29.4. The molecule has 0 N–H and O–H groups in total. The topological polar surface area (TPSA) is 75.9 Å². The van der Waals surface area contributed by atoms with Crippen LogP contribution in [0.5, 0.6) is 0 Å². The van der Waals surface area contributed by atoms with Crippen LogP contribution in [0.15, 0.2) is 18.2 Å². The number of benzene rings is 1. The summed E-state index contributed by atoms with van der Waals surface area (Å²) in [5, 5.41) is 12.4. The Morgan fingerprint density at radius 2 is 1.92 bits per heavy atom. The van der Waals surface area contributed by atoms with E-state index in [0.29, 0.717) is 38.3 Å². The minimum Gasteiger partial charge on any atom is -0.367 e. The third-order valence-corrected chi connectivity index (χ3v) is 3.77. The van der Waals surface area contributed by atoms with E-state index in [2.05, 4.69) is 4.90 Å². The van der Waals surface area contributed by atoms with Crippen molar-refractivity contribution in [1.29, 1.82) is 0 Å². The van der Waals surface area contributed by atoms with E-state index in [9.17, 15) is 19.3 Å². The fraction of sp³-hybridized carbons (Fsp3) is 0.562. The normalized spacial score (nSPS) is 16.8. The molecule has 0 unspecified atom stereocenters. The van der Waals surface area contributed by atoms with Gasteiger partial charge in [-0.15, -0.1) is 5.06 Å². The van der Waals surface area contributed by atoms with Gasteiger partial charge in [0.25, 0.3) is 0 Å². The average molecular weight is 339 g/mol. The van der Waals surface area contributed by atoms with Gasteiger partial charge in [0.1, 0.15) is 0 Å². The van der Waals surface area contributed by atoms with Gasteiger partial charge in [0.15, 0.2) is 0 Å². The van der Waals surface area contributed by atoms with Crippen LogP contribution in [0.1, 0.15) is 26.3 Å². The number of hydrogen-bond donors (Lipinski definition) is 0. The zero-order chi connectivity index (χ0) is 17.9. The Balaban J connectivity index is 1.88. The Morgan fingerprint density at radius 1 is 1.29 bits per heavy atom. The second kappa shape index (κ2) is 7.23. The van der Waals surface area contributed by atoms with Gasteiger partial charge in [-0.2, -0.15) is 4.39 Å². The number of carbonyl (C=O) groups is 1. The van der Waals surface area contributed by atoms with E-state index in [1.165, 1.54) is 6.07 Å². The van der Waals surface area contributed by atoms with Crippen LogP contribution in [-0.4, -0.2) is 47.0 Å². The van der Waals surface area contributed by atoms with E-state index in [4.69, 9.17) is 4.84 Å². The SMILES string of the molecule is CC(C)(C)C(=O)ON1CCN(Cc2ccc(F)c([N+](=O)[O-])c2)CC1. The standard InChI is InChI=1S/C16H22FN3O4/c1-16(2,3)15(21)24-19-8-6-18(7-9-19)11-12-4-5-13(17)14(10-12)20(22)23/h4-5,10H,6-9,11H2,1-3H3. The quantitative estimate of drug-likeness (QED) is 0.619. The first-order valence-electron chi connectivity index (χ1n) is 7.79. The van der Waals surface area contributed by atoms with E-state index in [-0.39, 0.29) is 5.97 Å². The largest absolute Gasteiger partial charge is 0.367 e. The second-order valence-corrected chi connectivity index (χ2v) is 6.88. The van der Waals surface area contributed by atoms with Crippen LogP contribution in [0.25, 0.3) is 0 Å². The van der Waals surface area contributed by atoms with E-state index in [1.54, 1.807) is 31.9 Å². The predicted molar refractivity (Wildman–Crippen MR) is 85.5 cm³/mol. The number of halogens is 1. The third-order valence-electron chi connectivity index (χ3n) is 3.77. The van der Waals surface area contributed by atoms with E-state index >= 15 is 0 Å². The molecule has 1 fully saturated rings. The van der Waals surface area contributed by atoms with Gasteiger partial charge in [-0.3, -0.25) is 15.0 Å². The molecule has 7 nitrogen and oxygen atoms in total. The molecule has 0 aliphatic carbocycles. The van der Waals surface area contributed by atoms with Gasteiger partial charge in [-0.05, 0) is 32.4 Å². The summed E-state index contributed by atoms with van der Waals surface area (Å²) < 4.78 is 13.4. The highest BCUT2D eigenvalue weighted by atomic mass is 19.1. The van der Waals surface area contributed by atoms with Gasteiger partial charge in [0, 0.05) is 38.8 Å². The fourth-order valence-corrected chi connectivity index (χ4v) is 2.29. The zero-order valence-electron chi connectivity index (χ0n) is 14.1. The van der Waals surface area contributed by atoms with Crippen LogP contribution < -0.4 is 0 Å². The maximum atomic E-state index is 13.4. The van der Waals surface area contributed by atoms with Crippen molar-refractivity contribution < 1.29 is 18.9 Å². The molecule has 1 aliphatic heterocycles. The maximum Gasteiger partial charge on any atom is 0.330 e. The molecular formula is C16H22FN3O4. The number of nitro groups is 1. The number of piperazine rings is 1. The molecule has 2 rings (SSSR count). The monoisotopic (exact) mass is 339 g/mol. The molecule has 1 saturated heterocycles. The molecule has 1 heterocycles. The zero-order valence-corrected chi connectivity index (χ0v) is 14.1. The first-order valence-corrected chi connectivity index (χ1v) is 7.79. The molecule has 0 saturated carbocycles. The minimum atomic E-state index is -0.831. The van der Waals surface area contributed by atoms with Crippen molar-refractivity contribution in [1.82, 2.24) is 9.96 Å². The van der Waals surface area contributed by atoms with Crippen LogP contribution >= 0.6 is 0 Å². The summed E-state index contributed by atoms with van der Waals surface area (Å²) in [6, 6.07) is 3.94. The van der Waals surface area contributed by atoms with Crippen molar-refractivity contribution in [2.24, 2.45) is 5.41 Å². The van der Waals surface area contributed by atoms with Gasteiger partial charge in [0.2, 0.25) is 5.82 Å². The molecule has 0 spiro atoms. The van der Waals surface area contributed by atoms with E-state index in [1.807, 2.05) is 0 Å². The molecule has 0 aromatic heterocycles. The molecule has 1 aliphatic rings. The molecule has 1 aromatic rings. The average Bonchev–Trinajstić information content (AvgIpc) is 2.50. The molecule has 132 valence electrons. The van der Waals surface area contributed by atoms with Crippen molar-refractivity contribution in [3.8, 4) is 0 Å². The van der Waals surface area contributed by atoms with E-state index < -0.39 is 21.8 Å². The van der Waals surface area contributed by atoms with Crippen molar-refractivity contribution in [3.05, 3.63) is 39.7 Å². The summed E-state index contributed by atoms with van der Waals surface area (Å²) in [7, 11) is 0. The molecule has 0 bridgehead atoms. The lowest BCUT2D eigenvalue weighted by molar-refractivity contribution is -0.387. The van der Waals surface area contributed by atoms with Crippen molar-refractivity contribution in [2.45, 2.75) is 27.3 Å². The van der Waals surface area contributed by atoms with Gasteiger partial charge < -0.3 is 4.84 Å². The highest BCUT2D eigenvalue weighted by Gasteiger charge is 2.28. The lowest BCUT2D eigenvalue weighted by atomic mass is 9.98. The van der Waals surface area contributed by atoms with Gasteiger partial charge >= 0.3 is 11.7 Å². The number of carbonyl (C=O) groups excluding carboxylic acids is 1. The fourth-order valence-electron chi connectivity index (χ4n) is 2.29. The summed E-state index contributed by atoms with van der Waals surface area (Å²) in [6.07, 6.45) is 0. The van der Waals surface area contributed by atoms with Gasteiger partial charge in [-0.25, -0.2) is 4.79 Å². The van der Waals surface area contributed by atoms with Crippen LogP contribution in [-0.2, 0) is 16.2 Å². The lowest BCUT2D eigenvalue weighted by Crippen LogP contribution is -2.47. The predicted octanol–water partition coefficient (Wildman–Crippen LogP) is 2.36. The first-order chi connectivity index (χ1) is 11.2.